The van der Waals surface area contributed by atoms with Gasteiger partial charge in [0.1, 0.15) is 12.1 Å². The predicted octanol–water partition coefficient (Wildman–Crippen LogP) is 4.80. The molecule has 16 nitrogen and oxygen atoms in total. The second kappa shape index (κ2) is 18.4. The number of urea groups is 1. The van der Waals surface area contributed by atoms with Crippen molar-refractivity contribution in [1.29, 1.82) is 0 Å². The quantitative estimate of drug-likeness (QED) is 0.211. The summed E-state index contributed by atoms with van der Waals surface area (Å²) in [5.41, 5.74) is 9.71. The number of pyridine rings is 2. The molecule has 5 atom stereocenters. The van der Waals surface area contributed by atoms with Crippen LogP contribution in [0.2, 0.25) is 0 Å². The summed E-state index contributed by atoms with van der Waals surface area (Å²) in [4.78, 5) is 60.5. The number of carbonyl (C=O) groups is 3. The van der Waals surface area contributed by atoms with Gasteiger partial charge < -0.3 is 39.0 Å². The van der Waals surface area contributed by atoms with E-state index >= 15 is 0 Å². The van der Waals surface area contributed by atoms with Gasteiger partial charge in [-0.15, -0.1) is 11.3 Å². The summed E-state index contributed by atoms with van der Waals surface area (Å²) in [7, 11) is 4.92. The molecule has 4 aromatic rings. The first-order valence-corrected chi connectivity index (χ1v) is 22.2. The Morgan fingerprint density at radius 1 is 1.15 bits per heavy atom. The number of thiazole rings is 1. The first-order chi connectivity index (χ1) is 29.1. The molecule has 3 aliphatic rings. The highest BCUT2D eigenvalue weighted by molar-refractivity contribution is 7.10. The summed E-state index contributed by atoms with van der Waals surface area (Å²) >= 11 is 1.39. The van der Waals surface area contributed by atoms with Crippen molar-refractivity contribution >= 4 is 40.2 Å². The maximum atomic E-state index is 14.5. The highest BCUT2D eigenvalue weighted by Crippen LogP contribution is 2.41. The molecule has 6 bridgehead atoms. The average Bonchev–Trinajstić information content (AvgIpc) is 3.82. The molecule has 0 radical (unpaired) electrons. The molecule has 2 saturated heterocycles. The average molecular weight is 860 g/mol. The number of hydrogen-bond donors (Lipinski definition) is 3. The monoisotopic (exact) mass is 859 g/mol. The Morgan fingerprint density at radius 3 is 2.62 bits per heavy atom. The van der Waals surface area contributed by atoms with E-state index in [1.165, 1.54) is 21.2 Å². The van der Waals surface area contributed by atoms with Crippen LogP contribution in [0.15, 0.2) is 35.8 Å². The Balaban J connectivity index is 1.29. The fourth-order valence-electron chi connectivity index (χ4n) is 8.78. The van der Waals surface area contributed by atoms with E-state index in [2.05, 4.69) is 48.2 Å². The Hall–Kier alpha value is -4.52. The van der Waals surface area contributed by atoms with Gasteiger partial charge >= 0.3 is 6.03 Å². The largest absolute Gasteiger partial charge is 0.378 e. The Morgan fingerprint density at radius 2 is 1.92 bits per heavy atom. The van der Waals surface area contributed by atoms with Crippen molar-refractivity contribution in [2.75, 3.05) is 47.5 Å². The fraction of sp³-hybridized carbons (Fsp3) is 0.591. The Kier molecular flexibility index (Phi) is 13.5. The number of likely N-dealkylation sites (tertiary alicyclic amines) is 1. The number of likely N-dealkylation sites (N-methyl/N-ethyl adjacent to an activating group) is 1. The zero-order chi connectivity index (χ0) is 43.7. The van der Waals surface area contributed by atoms with Crippen LogP contribution in [0.5, 0.6) is 0 Å². The van der Waals surface area contributed by atoms with Gasteiger partial charge in [0.15, 0.2) is 6.29 Å². The van der Waals surface area contributed by atoms with Gasteiger partial charge in [-0.1, -0.05) is 27.7 Å². The lowest BCUT2D eigenvalue weighted by Gasteiger charge is -2.42. The first kappa shape index (κ1) is 44.5. The standard InChI is InChI=1S/C44H61N9O7S/c1-10-52-34-16-15-30-33-23-61-35(46-33)19-32(48-40(54)38(25(2)3)50(7)43(57)51-21-27(22-51)59-9)41(55)53-18-12-14-31(49-53)42(56)60-24-44(5,6)20-29(37(34)47-30)39(52)28-13-11-17-45-36(28)26(4)58-8/h11,13,15-17,23,25-27,31-32,38,42,49,56H,10,12,14,18-22,24H2,1-9H3,(H,48,54)/t26-,31-,32-,38-,42?/m0/s1. The third-order valence-corrected chi connectivity index (χ3v) is 13.0. The number of aromatic nitrogens is 4. The second-order valence-electron chi connectivity index (χ2n) is 17.6. The van der Waals surface area contributed by atoms with Crippen LogP contribution in [0, 0.1) is 11.3 Å². The second-order valence-corrected chi connectivity index (χ2v) is 18.5. The highest BCUT2D eigenvalue weighted by atomic mass is 32.1. The van der Waals surface area contributed by atoms with Crippen LogP contribution in [-0.4, -0.2) is 135 Å². The number of ether oxygens (including phenoxy) is 3. The number of amides is 4. The lowest BCUT2D eigenvalue weighted by Crippen LogP contribution is -2.64. The van der Waals surface area contributed by atoms with Gasteiger partial charge in [0.25, 0.3) is 5.91 Å². The van der Waals surface area contributed by atoms with Crippen LogP contribution in [-0.2, 0) is 43.2 Å². The summed E-state index contributed by atoms with van der Waals surface area (Å²) in [6.07, 6.45) is 2.12. The maximum absolute atomic E-state index is 14.5. The van der Waals surface area contributed by atoms with Crippen LogP contribution in [0.4, 0.5) is 4.79 Å². The van der Waals surface area contributed by atoms with Crippen molar-refractivity contribution in [3.63, 3.8) is 0 Å². The number of fused-ring (bicyclic) bond motifs is 6. The van der Waals surface area contributed by atoms with E-state index in [0.717, 1.165) is 33.5 Å². The molecule has 17 heteroatoms. The van der Waals surface area contributed by atoms with Crippen molar-refractivity contribution < 1.29 is 33.7 Å². The van der Waals surface area contributed by atoms with Gasteiger partial charge in [-0.2, -0.15) is 0 Å². The van der Waals surface area contributed by atoms with Gasteiger partial charge in [0, 0.05) is 63.5 Å². The molecule has 0 saturated carbocycles. The van der Waals surface area contributed by atoms with Crippen LogP contribution < -0.4 is 10.7 Å². The van der Waals surface area contributed by atoms with Crippen LogP contribution >= 0.6 is 11.3 Å². The predicted molar refractivity (Wildman–Crippen MR) is 232 cm³/mol. The summed E-state index contributed by atoms with van der Waals surface area (Å²) in [6, 6.07) is 5.34. The first-order valence-electron chi connectivity index (χ1n) is 21.3. The van der Waals surface area contributed by atoms with Gasteiger partial charge in [-0.05, 0) is 68.7 Å². The number of rotatable bonds is 9. The van der Waals surface area contributed by atoms with E-state index in [0.29, 0.717) is 61.8 Å². The number of carbonyl (C=O) groups excluding carboxylic acids is 3. The van der Waals surface area contributed by atoms with E-state index in [9.17, 15) is 19.5 Å². The number of hydrogen-bond acceptors (Lipinski definition) is 12. The van der Waals surface area contributed by atoms with Gasteiger partial charge in [0.05, 0.1) is 76.8 Å². The molecule has 3 N–H and O–H groups in total. The number of nitrogens with one attached hydrogen (secondary N) is 2. The molecule has 4 aromatic heterocycles. The zero-order valence-electron chi connectivity index (χ0n) is 36.8. The van der Waals surface area contributed by atoms with Crippen molar-refractivity contribution in [2.45, 2.75) is 110 Å². The topological polar surface area (TPSA) is 177 Å². The SMILES string of the molecule is CCn1c(-c2cccnc2[C@H](C)OC)c2c3nc(ccc31)-c1csc(n1)C[C@H](NC(=O)[C@H](C(C)C)N(C)C(=O)N1CC(OC)C1)C(=O)N1CCC[C@H](N1)C(O)OCC(C)(C)C2. The summed E-state index contributed by atoms with van der Waals surface area (Å²) in [5, 5.41) is 18.6. The van der Waals surface area contributed by atoms with Crippen molar-refractivity contribution in [3.05, 3.63) is 52.1 Å². The Labute approximate surface area is 361 Å². The number of methoxy groups -OCH3 is 2. The number of aliphatic hydroxyl groups is 1. The summed E-state index contributed by atoms with van der Waals surface area (Å²) < 4.78 is 19.7. The summed E-state index contributed by atoms with van der Waals surface area (Å²) in [6.45, 7) is 14.3. The minimum Gasteiger partial charge on any atom is -0.378 e. The van der Waals surface area contributed by atoms with E-state index in [4.69, 9.17) is 29.2 Å². The van der Waals surface area contributed by atoms with E-state index < -0.39 is 35.7 Å². The molecule has 2 fully saturated rings. The highest BCUT2D eigenvalue weighted by Gasteiger charge is 2.40. The van der Waals surface area contributed by atoms with Gasteiger partial charge in [-0.25, -0.2) is 20.2 Å². The van der Waals surface area contributed by atoms with Gasteiger partial charge in [0.2, 0.25) is 5.91 Å². The normalized spacial score (nSPS) is 22.1. The lowest BCUT2D eigenvalue weighted by molar-refractivity contribution is -0.164. The number of aryl methyl sites for hydroxylation is 1. The molecule has 7 rings (SSSR count). The van der Waals surface area contributed by atoms with Crippen molar-refractivity contribution in [1.82, 2.24) is 45.1 Å². The number of aliphatic hydroxyl groups excluding tert-OH is 1. The minimum absolute atomic E-state index is 0.0351. The molecule has 0 spiro atoms. The van der Waals surface area contributed by atoms with Crippen molar-refractivity contribution in [3.8, 4) is 22.6 Å². The molecule has 3 aliphatic heterocycles. The van der Waals surface area contributed by atoms with Crippen LogP contribution in [0.1, 0.15) is 76.8 Å². The van der Waals surface area contributed by atoms with Gasteiger partial charge in [-0.3, -0.25) is 19.6 Å². The van der Waals surface area contributed by atoms with E-state index in [1.807, 2.05) is 38.3 Å². The third kappa shape index (κ3) is 9.18. The smallest absolute Gasteiger partial charge is 0.320 e. The molecule has 4 amide bonds. The molecular weight excluding hydrogens is 799 g/mol. The fourth-order valence-corrected chi connectivity index (χ4v) is 9.61. The van der Waals surface area contributed by atoms with Crippen LogP contribution in [0.25, 0.3) is 33.7 Å². The van der Waals surface area contributed by atoms with Crippen molar-refractivity contribution in [2.24, 2.45) is 11.3 Å². The zero-order valence-corrected chi connectivity index (χ0v) is 37.6. The van der Waals surface area contributed by atoms with Crippen LogP contribution in [0.3, 0.4) is 0 Å². The molecular formula is C44H61N9O7S. The number of nitrogens with zero attached hydrogens (tertiary/aromatic N) is 7. The maximum Gasteiger partial charge on any atom is 0.320 e. The molecule has 7 heterocycles. The third-order valence-electron chi connectivity index (χ3n) is 12.2. The lowest BCUT2D eigenvalue weighted by atomic mass is 9.85. The molecule has 330 valence electrons. The minimum atomic E-state index is -1.22. The molecule has 0 aromatic carbocycles. The summed E-state index contributed by atoms with van der Waals surface area (Å²) in [5.74, 6) is -1.08. The molecule has 1 unspecified atom stereocenters. The molecule has 0 aliphatic carbocycles. The molecule has 61 heavy (non-hydrogen) atoms. The van der Waals surface area contributed by atoms with E-state index in [-0.39, 0.29) is 43.1 Å². The number of hydrazine groups is 1. The Bertz CT molecular complexity index is 2220. The van der Waals surface area contributed by atoms with E-state index in [1.54, 1.807) is 32.4 Å².